The van der Waals surface area contributed by atoms with Crippen LogP contribution in [0.4, 0.5) is 8.78 Å². The third kappa shape index (κ3) is 4.68. The molecule has 3 rings (SSSR count). The van der Waals surface area contributed by atoms with Crippen LogP contribution in [0.15, 0.2) is 48.5 Å². The summed E-state index contributed by atoms with van der Waals surface area (Å²) in [5, 5.41) is 0. The summed E-state index contributed by atoms with van der Waals surface area (Å²) in [6.07, 6.45) is 1.15. The molecule has 2 aromatic carbocycles. The predicted molar refractivity (Wildman–Crippen MR) is 88.5 cm³/mol. The second kappa shape index (κ2) is 7.96. The number of benzene rings is 2. The first-order chi connectivity index (χ1) is 12.1. The number of carbonyl (C=O) groups excluding carboxylic acids is 1. The molecule has 0 aliphatic carbocycles. The van der Waals surface area contributed by atoms with Crippen LogP contribution in [0.25, 0.3) is 0 Å². The van der Waals surface area contributed by atoms with Crippen molar-refractivity contribution in [2.24, 2.45) is 0 Å². The minimum atomic E-state index is -0.928. The highest BCUT2D eigenvalue weighted by atomic mass is 19.2. The molecule has 1 heterocycles. The van der Waals surface area contributed by atoms with E-state index in [1.807, 2.05) is 18.2 Å². The monoisotopic (exact) mass is 347 g/mol. The van der Waals surface area contributed by atoms with Gasteiger partial charge < -0.3 is 14.4 Å². The second-order valence-corrected chi connectivity index (χ2v) is 5.88. The van der Waals surface area contributed by atoms with Gasteiger partial charge in [0.1, 0.15) is 17.6 Å². The van der Waals surface area contributed by atoms with E-state index >= 15 is 0 Å². The normalized spacial score (nSPS) is 15.0. The molecule has 132 valence electrons. The molecule has 0 unspecified atom stereocenters. The standard InChI is InChI=1S/C19H19F2NO3/c20-17-7-6-16(12-18(17)21)25-15-8-10-22(11-9-15)19(23)13-24-14-4-2-1-3-5-14/h1-7,12,15H,8-11,13H2. The van der Waals surface area contributed by atoms with Crippen molar-refractivity contribution in [3.63, 3.8) is 0 Å². The van der Waals surface area contributed by atoms with Crippen molar-refractivity contribution in [2.75, 3.05) is 19.7 Å². The molecular weight excluding hydrogens is 328 g/mol. The van der Waals surface area contributed by atoms with Gasteiger partial charge in [0.2, 0.25) is 0 Å². The van der Waals surface area contributed by atoms with Gasteiger partial charge >= 0.3 is 0 Å². The van der Waals surface area contributed by atoms with Crippen LogP contribution >= 0.6 is 0 Å². The van der Waals surface area contributed by atoms with Crippen molar-refractivity contribution in [1.82, 2.24) is 4.90 Å². The molecule has 0 bridgehead atoms. The minimum Gasteiger partial charge on any atom is -0.490 e. The molecule has 4 nitrogen and oxygen atoms in total. The number of piperidine rings is 1. The van der Waals surface area contributed by atoms with Gasteiger partial charge in [0.05, 0.1) is 0 Å². The number of likely N-dealkylation sites (tertiary alicyclic amines) is 1. The highest BCUT2D eigenvalue weighted by Gasteiger charge is 2.24. The number of para-hydroxylation sites is 1. The summed E-state index contributed by atoms with van der Waals surface area (Å²) >= 11 is 0. The molecule has 0 radical (unpaired) electrons. The molecule has 1 aliphatic heterocycles. The van der Waals surface area contributed by atoms with Crippen molar-refractivity contribution >= 4 is 5.91 Å². The first-order valence-electron chi connectivity index (χ1n) is 8.19. The molecule has 1 amide bonds. The highest BCUT2D eigenvalue weighted by Crippen LogP contribution is 2.21. The maximum absolute atomic E-state index is 13.2. The molecule has 1 fully saturated rings. The van der Waals surface area contributed by atoms with E-state index in [2.05, 4.69) is 0 Å². The lowest BCUT2D eigenvalue weighted by Gasteiger charge is -2.32. The van der Waals surface area contributed by atoms with Crippen LogP contribution in [0.1, 0.15) is 12.8 Å². The third-order valence-corrected chi connectivity index (χ3v) is 4.09. The number of rotatable bonds is 5. The molecule has 1 saturated heterocycles. The number of ether oxygens (including phenoxy) is 2. The summed E-state index contributed by atoms with van der Waals surface area (Å²) in [6.45, 7) is 1.09. The lowest BCUT2D eigenvalue weighted by molar-refractivity contribution is -0.135. The fourth-order valence-electron chi connectivity index (χ4n) is 2.72. The first-order valence-corrected chi connectivity index (χ1v) is 8.19. The molecule has 0 N–H and O–H groups in total. The van der Waals surface area contributed by atoms with E-state index in [0.29, 0.717) is 37.4 Å². The Labute approximate surface area is 145 Å². The van der Waals surface area contributed by atoms with Gasteiger partial charge in [-0.3, -0.25) is 4.79 Å². The fourth-order valence-corrected chi connectivity index (χ4v) is 2.72. The van der Waals surface area contributed by atoms with Crippen LogP contribution in [0, 0.1) is 11.6 Å². The van der Waals surface area contributed by atoms with Gasteiger partial charge in [-0.15, -0.1) is 0 Å². The average Bonchev–Trinajstić information content (AvgIpc) is 2.64. The van der Waals surface area contributed by atoms with E-state index in [1.54, 1.807) is 17.0 Å². The van der Waals surface area contributed by atoms with Crippen LogP contribution in [0.5, 0.6) is 11.5 Å². The van der Waals surface area contributed by atoms with Gasteiger partial charge in [-0.2, -0.15) is 0 Å². The predicted octanol–water partition coefficient (Wildman–Crippen LogP) is 3.41. The Bertz CT molecular complexity index is 716. The van der Waals surface area contributed by atoms with Crippen molar-refractivity contribution in [2.45, 2.75) is 18.9 Å². The van der Waals surface area contributed by atoms with Gasteiger partial charge in [-0.25, -0.2) is 8.78 Å². The molecule has 0 atom stereocenters. The van der Waals surface area contributed by atoms with Crippen molar-refractivity contribution in [1.29, 1.82) is 0 Å². The van der Waals surface area contributed by atoms with Gasteiger partial charge in [0.15, 0.2) is 18.2 Å². The second-order valence-electron chi connectivity index (χ2n) is 5.88. The number of nitrogens with zero attached hydrogens (tertiary/aromatic N) is 1. The summed E-state index contributed by atoms with van der Waals surface area (Å²) in [4.78, 5) is 13.9. The van der Waals surface area contributed by atoms with Gasteiger partial charge in [-0.05, 0) is 24.3 Å². The van der Waals surface area contributed by atoms with Crippen LogP contribution in [-0.4, -0.2) is 36.6 Å². The average molecular weight is 347 g/mol. The lowest BCUT2D eigenvalue weighted by Crippen LogP contribution is -2.43. The zero-order valence-corrected chi connectivity index (χ0v) is 13.7. The first kappa shape index (κ1) is 17.2. The Morgan fingerprint density at radius 3 is 2.40 bits per heavy atom. The zero-order chi connectivity index (χ0) is 17.6. The fraction of sp³-hybridized carbons (Fsp3) is 0.316. The molecule has 25 heavy (non-hydrogen) atoms. The smallest absolute Gasteiger partial charge is 0.260 e. The van der Waals surface area contributed by atoms with Crippen molar-refractivity contribution in [3.05, 3.63) is 60.2 Å². The van der Waals surface area contributed by atoms with E-state index in [0.717, 1.165) is 12.1 Å². The van der Waals surface area contributed by atoms with Gasteiger partial charge in [0.25, 0.3) is 5.91 Å². The number of amides is 1. The Hall–Kier alpha value is -2.63. The summed E-state index contributed by atoms with van der Waals surface area (Å²) in [5.74, 6) is -0.937. The SMILES string of the molecule is O=C(COc1ccccc1)N1CCC(Oc2ccc(F)c(F)c2)CC1. The lowest BCUT2D eigenvalue weighted by atomic mass is 10.1. The number of carbonyl (C=O) groups is 1. The van der Waals surface area contributed by atoms with Crippen LogP contribution in [-0.2, 0) is 4.79 Å². The maximum atomic E-state index is 13.2. The highest BCUT2D eigenvalue weighted by molar-refractivity contribution is 5.77. The van der Waals surface area contributed by atoms with E-state index in [9.17, 15) is 13.6 Å². The topological polar surface area (TPSA) is 38.8 Å². The van der Waals surface area contributed by atoms with Crippen LogP contribution < -0.4 is 9.47 Å². The van der Waals surface area contributed by atoms with Gasteiger partial charge in [-0.1, -0.05) is 18.2 Å². The number of halogens is 2. The molecule has 0 aromatic heterocycles. The third-order valence-electron chi connectivity index (χ3n) is 4.09. The summed E-state index contributed by atoms with van der Waals surface area (Å²) in [5.41, 5.74) is 0. The Kier molecular flexibility index (Phi) is 5.48. The number of hydrogen-bond donors (Lipinski definition) is 0. The van der Waals surface area contributed by atoms with E-state index in [1.165, 1.54) is 6.07 Å². The zero-order valence-electron chi connectivity index (χ0n) is 13.7. The summed E-state index contributed by atoms with van der Waals surface area (Å²) in [6, 6.07) is 12.7. The maximum Gasteiger partial charge on any atom is 0.260 e. The van der Waals surface area contributed by atoms with Crippen LogP contribution in [0.2, 0.25) is 0 Å². The van der Waals surface area contributed by atoms with Crippen molar-refractivity contribution in [3.8, 4) is 11.5 Å². The minimum absolute atomic E-state index is 0.00128. The molecule has 2 aromatic rings. The van der Waals surface area contributed by atoms with Crippen molar-refractivity contribution < 1.29 is 23.0 Å². The van der Waals surface area contributed by atoms with E-state index in [-0.39, 0.29) is 18.6 Å². The quantitative estimate of drug-likeness (QED) is 0.832. The Morgan fingerprint density at radius 1 is 1.00 bits per heavy atom. The van der Waals surface area contributed by atoms with E-state index in [4.69, 9.17) is 9.47 Å². The number of hydrogen-bond acceptors (Lipinski definition) is 3. The Morgan fingerprint density at radius 2 is 1.72 bits per heavy atom. The summed E-state index contributed by atoms with van der Waals surface area (Å²) < 4.78 is 37.3. The molecular formula is C19H19F2NO3. The molecule has 0 saturated carbocycles. The molecule has 6 heteroatoms. The molecule has 1 aliphatic rings. The van der Waals surface area contributed by atoms with E-state index < -0.39 is 11.6 Å². The van der Waals surface area contributed by atoms with Crippen LogP contribution in [0.3, 0.4) is 0 Å². The molecule has 0 spiro atoms. The summed E-state index contributed by atoms with van der Waals surface area (Å²) in [7, 11) is 0. The largest absolute Gasteiger partial charge is 0.490 e. The van der Waals surface area contributed by atoms with Gasteiger partial charge in [0, 0.05) is 32.0 Å². The Balaban J connectivity index is 1.44.